The van der Waals surface area contributed by atoms with Crippen LogP contribution in [0.3, 0.4) is 0 Å². The molecule has 1 unspecified atom stereocenters. The van der Waals surface area contributed by atoms with Crippen LogP contribution in [-0.2, 0) is 28.6 Å². The number of unbranched alkanes of at least 4 members (excludes halogenated alkanes) is 24. The highest BCUT2D eigenvalue weighted by atomic mass is 16.6. The van der Waals surface area contributed by atoms with Crippen LogP contribution in [0.2, 0.25) is 0 Å². The zero-order valence-electron chi connectivity index (χ0n) is 39.5. The molecule has 6 heteroatoms. The first-order valence-electron chi connectivity index (χ1n) is 25.3. The van der Waals surface area contributed by atoms with Gasteiger partial charge in [-0.1, -0.05) is 184 Å². The summed E-state index contributed by atoms with van der Waals surface area (Å²) >= 11 is 0. The van der Waals surface area contributed by atoms with Crippen molar-refractivity contribution in [3.8, 4) is 0 Å². The Morgan fingerprint density at radius 3 is 1.05 bits per heavy atom. The van der Waals surface area contributed by atoms with Gasteiger partial charge in [0.05, 0.1) is 0 Å². The minimum Gasteiger partial charge on any atom is -0.462 e. The summed E-state index contributed by atoms with van der Waals surface area (Å²) in [5, 5.41) is 0. The van der Waals surface area contributed by atoms with Crippen LogP contribution in [-0.4, -0.2) is 37.2 Å². The van der Waals surface area contributed by atoms with Crippen molar-refractivity contribution in [3.05, 3.63) is 60.8 Å². The third-order valence-electron chi connectivity index (χ3n) is 10.7. The molecule has 0 bridgehead atoms. The van der Waals surface area contributed by atoms with Crippen molar-refractivity contribution in [1.29, 1.82) is 0 Å². The SMILES string of the molecule is CC/C=C\C/C=C\C/C=C\CCCCCCCC(=O)OCC(COC(=O)CCCCCCC/C=C\CCCCCC)OC(=O)CCCCCCC/C=C\CCCCCCC. The van der Waals surface area contributed by atoms with Gasteiger partial charge in [-0.25, -0.2) is 0 Å². The van der Waals surface area contributed by atoms with E-state index in [1.54, 1.807) is 0 Å². The molecule has 0 radical (unpaired) electrons. The summed E-state index contributed by atoms with van der Waals surface area (Å²) in [7, 11) is 0. The van der Waals surface area contributed by atoms with Crippen molar-refractivity contribution in [2.45, 2.75) is 252 Å². The Morgan fingerprint density at radius 1 is 0.350 bits per heavy atom. The molecule has 346 valence electrons. The predicted octanol–water partition coefficient (Wildman–Crippen LogP) is 16.5. The number of hydrogen-bond acceptors (Lipinski definition) is 6. The average Bonchev–Trinajstić information content (AvgIpc) is 3.24. The van der Waals surface area contributed by atoms with E-state index in [-0.39, 0.29) is 31.1 Å². The van der Waals surface area contributed by atoms with Crippen molar-refractivity contribution >= 4 is 17.9 Å². The summed E-state index contributed by atoms with van der Waals surface area (Å²) < 4.78 is 16.8. The number of ether oxygens (including phenoxy) is 3. The highest BCUT2D eigenvalue weighted by molar-refractivity contribution is 5.71. The molecule has 0 aromatic heterocycles. The number of allylic oxidation sites excluding steroid dienone is 10. The molecule has 0 saturated carbocycles. The quantitative estimate of drug-likeness (QED) is 0.0263. The molecule has 0 saturated heterocycles. The van der Waals surface area contributed by atoms with Gasteiger partial charge in [0, 0.05) is 19.3 Å². The van der Waals surface area contributed by atoms with E-state index in [1.807, 2.05) is 0 Å². The van der Waals surface area contributed by atoms with Crippen LogP contribution in [0.5, 0.6) is 0 Å². The highest BCUT2D eigenvalue weighted by Crippen LogP contribution is 2.14. The molecule has 60 heavy (non-hydrogen) atoms. The van der Waals surface area contributed by atoms with Crippen molar-refractivity contribution in [2.24, 2.45) is 0 Å². The fourth-order valence-corrected chi connectivity index (χ4v) is 6.92. The van der Waals surface area contributed by atoms with Gasteiger partial charge in [0.2, 0.25) is 0 Å². The fraction of sp³-hybridized carbons (Fsp3) is 0.759. The van der Waals surface area contributed by atoms with Crippen LogP contribution in [0.25, 0.3) is 0 Å². The summed E-state index contributed by atoms with van der Waals surface area (Å²) in [6.45, 7) is 6.47. The molecule has 0 rings (SSSR count). The van der Waals surface area contributed by atoms with Crippen molar-refractivity contribution < 1.29 is 28.6 Å². The summed E-state index contributed by atoms with van der Waals surface area (Å²) in [5.41, 5.74) is 0. The minimum atomic E-state index is -0.787. The van der Waals surface area contributed by atoms with Crippen LogP contribution >= 0.6 is 0 Å². The number of carbonyl (C=O) groups is 3. The molecule has 6 nitrogen and oxygen atoms in total. The second-order valence-electron chi connectivity index (χ2n) is 16.7. The van der Waals surface area contributed by atoms with Crippen LogP contribution in [0, 0.1) is 0 Å². The number of rotatable bonds is 45. The van der Waals surface area contributed by atoms with Gasteiger partial charge in [-0.05, 0) is 103 Å². The standard InChI is InChI=1S/C54H94O6/c1-4-7-10-13-16-19-22-25-27-30-32-35-38-41-44-47-53(56)59-50-51(49-58-52(55)46-43-40-37-34-31-28-24-21-18-15-12-9-6-3)60-54(57)48-45-42-39-36-33-29-26-23-20-17-14-11-8-5-2/h7,10,16,19,21,23-27,51H,4-6,8-9,11-15,17-18,20,22,28-50H2,1-3H3/b10-7-,19-16-,24-21-,26-23-,27-25-. The Balaban J connectivity index is 4.43. The van der Waals surface area contributed by atoms with Gasteiger partial charge in [-0.15, -0.1) is 0 Å². The van der Waals surface area contributed by atoms with E-state index in [2.05, 4.69) is 81.5 Å². The molecule has 0 aliphatic carbocycles. The summed E-state index contributed by atoms with van der Waals surface area (Å²) in [6.07, 6.45) is 59.1. The molecule has 0 spiro atoms. The third-order valence-corrected chi connectivity index (χ3v) is 10.7. The molecule has 0 amide bonds. The van der Waals surface area contributed by atoms with Gasteiger partial charge in [0.25, 0.3) is 0 Å². The fourth-order valence-electron chi connectivity index (χ4n) is 6.92. The zero-order chi connectivity index (χ0) is 43.7. The van der Waals surface area contributed by atoms with Gasteiger partial charge in [-0.2, -0.15) is 0 Å². The number of carbonyl (C=O) groups excluding carboxylic acids is 3. The van der Waals surface area contributed by atoms with Crippen LogP contribution in [0.1, 0.15) is 245 Å². The topological polar surface area (TPSA) is 78.9 Å². The molecule has 0 aromatic carbocycles. The first-order valence-corrected chi connectivity index (χ1v) is 25.3. The van der Waals surface area contributed by atoms with Crippen molar-refractivity contribution in [3.63, 3.8) is 0 Å². The first kappa shape index (κ1) is 57.1. The van der Waals surface area contributed by atoms with E-state index in [1.165, 1.54) is 89.9 Å². The van der Waals surface area contributed by atoms with E-state index in [0.717, 1.165) is 116 Å². The normalized spacial score (nSPS) is 12.5. The Morgan fingerprint density at radius 2 is 0.650 bits per heavy atom. The van der Waals surface area contributed by atoms with Gasteiger partial charge in [0.1, 0.15) is 13.2 Å². The van der Waals surface area contributed by atoms with E-state index >= 15 is 0 Å². The maximum absolute atomic E-state index is 12.8. The zero-order valence-corrected chi connectivity index (χ0v) is 39.5. The maximum atomic E-state index is 12.8. The van der Waals surface area contributed by atoms with Crippen LogP contribution < -0.4 is 0 Å². The van der Waals surface area contributed by atoms with Gasteiger partial charge < -0.3 is 14.2 Å². The Hall–Kier alpha value is -2.89. The lowest BCUT2D eigenvalue weighted by molar-refractivity contribution is -0.167. The lowest BCUT2D eigenvalue weighted by Gasteiger charge is -2.18. The molecule has 0 heterocycles. The van der Waals surface area contributed by atoms with Crippen LogP contribution in [0.15, 0.2) is 60.8 Å². The summed E-state index contributed by atoms with van der Waals surface area (Å²) in [5.74, 6) is -0.919. The molecule has 0 aromatic rings. The monoisotopic (exact) mass is 839 g/mol. The highest BCUT2D eigenvalue weighted by Gasteiger charge is 2.19. The molecule has 0 aliphatic heterocycles. The molecular weight excluding hydrogens is 745 g/mol. The maximum Gasteiger partial charge on any atom is 0.306 e. The Bertz CT molecular complexity index is 1100. The van der Waals surface area contributed by atoms with Crippen molar-refractivity contribution in [1.82, 2.24) is 0 Å². The molecule has 0 aliphatic rings. The second-order valence-corrected chi connectivity index (χ2v) is 16.7. The number of hydrogen-bond donors (Lipinski definition) is 0. The number of esters is 3. The van der Waals surface area contributed by atoms with Crippen molar-refractivity contribution in [2.75, 3.05) is 13.2 Å². The van der Waals surface area contributed by atoms with Gasteiger partial charge >= 0.3 is 17.9 Å². The largest absolute Gasteiger partial charge is 0.462 e. The Kier molecular flexibility index (Phi) is 46.4. The van der Waals surface area contributed by atoms with Crippen LogP contribution in [0.4, 0.5) is 0 Å². The van der Waals surface area contributed by atoms with Gasteiger partial charge in [0.15, 0.2) is 6.10 Å². The summed E-state index contributed by atoms with van der Waals surface area (Å²) in [4.78, 5) is 37.9. The van der Waals surface area contributed by atoms with Gasteiger partial charge in [-0.3, -0.25) is 14.4 Å². The molecule has 0 fully saturated rings. The molecule has 1 atom stereocenters. The lowest BCUT2D eigenvalue weighted by atomic mass is 10.1. The third kappa shape index (κ3) is 46.2. The van der Waals surface area contributed by atoms with E-state index in [0.29, 0.717) is 19.3 Å². The predicted molar refractivity (Wildman–Crippen MR) is 256 cm³/mol. The summed E-state index contributed by atoms with van der Waals surface area (Å²) in [6, 6.07) is 0. The van der Waals surface area contributed by atoms with E-state index < -0.39 is 6.10 Å². The van der Waals surface area contributed by atoms with E-state index in [9.17, 15) is 14.4 Å². The first-order chi connectivity index (χ1) is 29.5. The molecular formula is C54H94O6. The Labute approximate surface area is 370 Å². The lowest BCUT2D eigenvalue weighted by Crippen LogP contribution is -2.30. The minimum absolute atomic E-state index is 0.0874. The second kappa shape index (κ2) is 48.8. The average molecular weight is 839 g/mol. The molecule has 0 N–H and O–H groups in total. The smallest absolute Gasteiger partial charge is 0.306 e. The van der Waals surface area contributed by atoms with E-state index in [4.69, 9.17) is 14.2 Å².